The molecule has 1 rings (SSSR count). The van der Waals surface area contributed by atoms with E-state index < -0.39 is 26.4 Å². The minimum Gasteiger partial charge on any atom is -0.412 e. The molecule has 1 heterocycles. The Bertz CT molecular complexity index is 278. The first-order valence-corrected chi connectivity index (χ1v) is 14.1. The molecule has 0 saturated carbocycles. The summed E-state index contributed by atoms with van der Waals surface area (Å²) >= 11 is 0. The van der Waals surface area contributed by atoms with Crippen molar-refractivity contribution in [2.45, 2.75) is 92.3 Å². The molecule has 7 N–H and O–H groups in total. The molecule has 0 spiro atoms. The fraction of sp³-hybridized carbons (Fsp3) is 1.00. The second-order valence-electron chi connectivity index (χ2n) is 5.71. The summed E-state index contributed by atoms with van der Waals surface area (Å²) in [6.45, 7) is 6.04. The normalized spacial score (nSPS) is 24.5. The van der Waals surface area contributed by atoms with Gasteiger partial charge in [-0.05, 0) is 19.3 Å². The van der Waals surface area contributed by atoms with Crippen LogP contribution in [-0.4, -0.2) is 55.9 Å². The first kappa shape index (κ1) is 33.0. The summed E-state index contributed by atoms with van der Waals surface area (Å²) in [5, 5.41) is 0. The topological polar surface area (TPSA) is 151 Å². The molecule has 1 aliphatic rings. The maximum atomic E-state index is 9.75. The second-order valence-corrected chi connectivity index (χ2v) is 13.2. The van der Waals surface area contributed by atoms with Gasteiger partial charge < -0.3 is 37.7 Å². The van der Waals surface area contributed by atoms with Gasteiger partial charge in [-0.1, -0.05) is 54.9 Å². The van der Waals surface area contributed by atoms with Crippen LogP contribution in [0.3, 0.4) is 0 Å². The molecule has 11 heteroatoms. The quantitative estimate of drug-likeness (QED) is 0.354. The highest BCUT2D eigenvalue weighted by Crippen LogP contribution is 2.34. The summed E-state index contributed by atoms with van der Waals surface area (Å²) in [4.78, 5) is 44.7. The van der Waals surface area contributed by atoms with Crippen molar-refractivity contribution >= 4 is 26.4 Å². The maximum Gasteiger partial charge on any atom is 0.492 e. The van der Waals surface area contributed by atoms with E-state index in [9.17, 15) is 9.59 Å². The molecule has 0 aromatic heterocycles. The molecule has 0 aromatic carbocycles. The molecule has 0 unspecified atom stereocenters. The first-order valence-electron chi connectivity index (χ1n) is 8.12. The Morgan fingerprint density at radius 3 is 1.24 bits per heavy atom. The monoisotopic (exact) mass is 422 g/mol. The van der Waals surface area contributed by atoms with E-state index in [1.807, 2.05) is 6.92 Å². The highest BCUT2D eigenvalue weighted by Gasteiger charge is 2.62. The smallest absolute Gasteiger partial charge is 0.412 e. The molecule has 8 nitrogen and oxygen atoms in total. The number of rotatable bonds is 9. The third kappa shape index (κ3) is 16.2. The van der Waals surface area contributed by atoms with Crippen LogP contribution < -0.4 is 0 Å². The van der Waals surface area contributed by atoms with Gasteiger partial charge in [0.15, 0.2) is 0 Å². The lowest BCUT2D eigenvalue weighted by Gasteiger charge is -2.45. The molecule has 0 radical (unpaired) electrons. The zero-order valence-electron chi connectivity index (χ0n) is 14.4. The molecule has 25 heavy (non-hydrogen) atoms. The first-order chi connectivity index (χ1) is 10.1. The Morgan fingerprint density at radius 1 is 0.720 bits per heavy atom. The molecule has 158 valence electrons. The average molecular weight is 423 g/mol. The van der Waals surface area contributed by atoms with Crippen molar-refractivity contribution in [1.29, 1.82) is 0 Å². The second kappa shape index (κ2) is 15.4. The summed E-state index contributed by atoms with van der Waals surface area (Å²) in [7, 11) is -9.46. The predicted octanol–water partition coefficient (Wildman–Crippen LogP) is 1.65. The minimum atomic E-state index is -3.68. The Balaban J connectivity index is -0.000000177. The third-order valence-corrected chi connectivity index (χ3v) is 11.3. The molecule has 0 aliphatic carbocycles. The molecule has 0 atom stereocenters. The van der Waals surface area contributed by atoms with Gasteiger partial charge in [-0.2, -0.15) is 0 Å². The van der Waals surface area contributed by atoms with E-state index in [4.69, 9.17) is 22.6 Å². The lowest BCUT2D eigenvalue weighted by atomic mass is 10.4. The van der Waals surface area contributed by atoms with Crippen LogP contribution >= 0.6 is 0 Å². The van der Waals surface area contributed by atoms with Crippen molar-refractivity contribution in [1.82, 2.24) is 0 Å². The molecule has 0 amide bonds. The fourth-order valence-electron chi connectivity index (χ4n) is 1.92. The average Bonchev–Trinajstić information content (AvgIpc) is 2.39. The Morgan fingerprint density at radius 2 is 1.04 bits per heavy atom. The maximum absolute atomic E-state index is 9.75. The standard InChI is InChI=1S/C8H20O4Si2.C4H12O3Si.2CH4.H2O/c1-3-5-7-13(9)11-14(10,12-13)8-6-4-2;1-2-3-4-8(5,6)7;;;/h9-10H,3-8H2,1-2H3;5-7H,2-4H2,1H3;2*1H4;1H2. The largest absolute Gasteiger partial charge is 0.492 e. The van der Waals surface area contributed by atoms with E-state index in [1.165, 1.54) is 0 Å². The number of hydrogen-bond acceptors (Lipinski definition) is 7. The lowest BCUT2D eigenvalue weighted by Crippen LogP contribution is -2.71. The van der Waals surface area contributed by atoms with Crippen molar-refractivity contribution in [2.24, 2.45) is 0 Å². The van der Waals surface area contributed by atoms with Gasteiger partial charge in [0, 0.05) is 18.1 Å². The van der Waals surface area contributed by atoms with Gasteiger partial charge in [0.2, 0.25) is 0 Å². The summed E-state index contributed by atoms with van der Waals surface area (Å²) in [5.74, 6) is 0. The van der Waals surface area contributed by atoms with Gasteiger partial charge in [0.05, 0.1) is 0 Å². The van der Waals surface area contributed by atoms with Gasteiger partial charge in [-0.25, -0.2) is 0 Å². The SMILES string of the molecule is C.C.CCCC[Si](O)(O)O.CCCC[Si]1(O)O[Si](O)(CCCC)O1.O. The highest BCUT2D eigenvalue weighted by molar-refractivity contribution is 6.87. The lowest BCUT2D eigenvalue weighted by molar-refractivity contribution is 0.0642. The van der Waals surface area contributed by atoms with Crippen LogP contribution in [0.1, 0.15) is 74.1 Å². The van der Waals surface area contributed by atoms with Crippen LogP contribution in [0.15, 0.2) is 0 Å². The molecule has 1 aliphatic heterocycles. The van der Waals surface area contributed by atoms with Crippen molar-refractivity contribution in [2.75, 3.05) is 0 Å². The summed E-state index contributed by atoms with van der Waals surface area (Å²) in [6.07, 6.45) is 5.40. The Hall–Kier alpha value is 0.331. The van der Waals surface area contributed by atoms with E-state index in [0.29, 0.717) is 18.5 Å². The molecular weight excluding hydrogens is 380 g/mol. The summed E-state index contributed by atoms with van der Waals surface area (Å²) in [5.41, 5.74) is 0. The van der Waals surface area contributed by atoms with Gasteiger partial charge in [-0.15, -0.1) is 0 Å². The summed E-state index contributed by atoms with van der Waals surface area (Å²) < 4.78 is 10.6. The van der Waals surface area contributed by atoms with Crippen LogP contribution in [-0.2, 0) is 8.23 Å². The molecule has 1 saturated heterocycles. The number of unbranched alkanes of at least 4 members (excludes halogenated alkanes) is 3. The molecular formula is C14H42O8Si3. The number of hydrogen-bond donors (Lipinski definition) is 5. The van der Waals surface area contributed by atoms with Crippen LogP contribution in [0, 0.1) is 0 Å². The molecule has 0 aromatic rings. The van der Waals surface area contributed by atoms with Gasteiger partial charge >= 0.3 is 26.4 Å². The zero-order valence-corrected chi connectivity index (χ0v) is 17.4. The van der Waals surface area contributed by atoms with Crippen molar-refractivity contribution in [3.63, 3.8) is 0 Å². The Kier molecular flexibility index (Phi) is 20.3. The van der Waals surface area contributed by atoms with Gasteiger partial charge in [0.25, 0.3) is 0 Å². The van der Waals surface area contributed by atoms with E-state index in [1.54, 1.807) is 0 Å². The van der Waals surface area contributed by atoms with Gasteiger partial charge in [0.1, 0.15) is 0 Å². The van der Waals surface area contributed by atoms with Crippen LogP contribution in [0.5, 0.6) is 0 Å². The highest BCUT2D eigenvalue weighted by atomic mass is 28.5. The Labute approximate surface area is 156 Å². The van der Waals surface area contributed by atoms with Crippen molar-refractivity contribution < 1.29 is 37.7 Å². The minimum absolute atomic E-state index is 0. The van der Waals surface area contributed by atoms with E-state index in [-0.39, 0.29) is 26.4 Å². The van der Waals surface area contributed by atoms with Crippen LogP contribution in [0.2, 0.25) is 18.1 Å². The van der Waals surface area contributed by atoms with Crippen LogP contribution in [0.25, 0.3) is 0 Å². The van der Waals surface area contributed by atoms with E-state index >= 15 is 0 Å². The predicted molar refractivity (Wildman–Crippen MR) is 107 cm³/mol. The molecule has 1 fully saturated rings. The van der Waals surface area contributed by atoms with E-state index in [2.05, 4.69) is 13.8 Å². The fourth-order valence-corrected chi connectivity index (χ4v) is 10.0. The van der Waals surface area contributed by atoms with E-state index in [0.717, 1.165) is 32.1 Å². The van der Waals surface area contributed by atoms with Gasteiger partial charge in [-0.3, -0.25) is 0 Å². The van der Waals surface area contributed by atoms with Crippen molar-refractivity contribution in [3.8, 4) is 0 Å². The van der Waals surface area contributed by atoms with Crippen molar-refractivity contribution in [3.05, 3.63) is 0 Å². The zero-order chi connectivity index (χ0) is 17.3. The molecule has 0 bridgehead atoms. The third-order valence-electron chi connectivity index (χ3n) is 3.20. The summed E-state index contributed by atoms with van der Waals surface area (Å²) in [6, 6.07) is 1.35. The van der Waals surface area contributed by atoms with Crippen LogP contribution in [0.4, 0.5) is 0 Å².